The maximum absolute atomic E-state index is 5.90. The van der Waals surface area contributed by atoms with Crippen LogP contribution in [0.2, 0.25) is 0 Å². The number of nitrogens with one attached hydrogen (secondary N) is 1. The van der Waals surface area contributed by atoms with Gasteiger partial charge in [-0.15, -0.1) is 0 Å². The van der Waals surface area contributed by atoms with Crippen LogP contribution in [0.1, 0.15) is 61.8 Å². The molecule has 0 saturated heterocycles. The zero-order chi connectivity index (χ0) is 13.2. The Balaban J connectivity index is 4.61. The molecule has 0 heterocycles. The number of hydrogen-bond donors (Lipinski definition) is 2. The van der Waals surface area contributed by atoms with Crippen molar-refractivity contribution >= 4 is 5.96 Å². The topological polar surface area (TPSA) is 50.4 Å². The first-order valence-electron chi connectivity index (χ1n) is 5.94. The van der Waals surface area contributed by atoms with Crippen molar-refractivity contribution in [2.24, 2.45) is 16.1 Å². The molecule has 0 bridgehead atoms. The minimum atomic E-state index is -0.124. The van der Waals surface area contributed by atoms with Crippen molar-refractivity contribution in [1.29, 1.82) is 0 Å². The zero-order valence-electron chi connectivity index (χ0n) is 12.2. The fraction of sp³-hybridized carbons (Fsp3) is 0.923. The van der Waals surface area contributed by atoms with Crippen molar-refractivity contribution in [3.05, 3.63) is 0 Å². The van der Waals surface area contributed by atoms with Crippen LogP contribution in [0, 0.1) is 5.41 Å². The third-order valence-electron chi connectivity index (χ3n) is 1.89. The second kappa shape index (κ2) is 4.64. The summed E-state index contributed by atoms with van der Waals surface area (Å²) in [5.74, 6) is 0.529. The molecule has 3 N–H and O–H groups in total. The number of rotatable bonds is 2. The highest BCUT2D eigenvalue weighted by Gasteiger charge is 2.25. The molecule has 0 radical (unpaired) electrons. The molecule has 0 aliphatic carbocycles. The molecular formula is C13H29N3. The predicted molar refractivity (Wildman–Crippen MR) is 72.7 cm³/mol. The number of aliphatic imine (C=N–C) groups is 1. The van der Waals surface area contributed by atoms with Crippen molar-refractivity contribution < 1.29 is 0 Å². The second-order valence-electron chi connectivity index (χ2n) is 7.42. The molecule has 0 amide bonds. The Morgan fingerprint density at radius 3 is 1.75 bits per heavy atom. The summed E-state index contributed by atoms with van der Waals surface area (Å²) in [6.07, 6.45) is 1.01. The maximum atomic E-state index is 5.90. The van der Waals surface area contributed by atoms with Crippen LogP contribution >= 0.6 is 0 Å². The average Bonchev–Trinajstić information content (AvgIpc) is 1.70. The maximum Gasteiger partial charge on any atom is 0.189 e. The number of guanidine groups is 1. The molecule has 0 fully saturated rings. The van der Waals surface area contributed by atoms with Crippen molar-refractivity contribution in [2.45, 2.75) is 72.9 Å². The zero-order valence-corrected chi connectivity index (χ0v) is 12.2. The van der Waals surface area contributed by atoms with Gasteiger partial charge in [0, 0.05) is 5.54 Å². The Labute approximate surface area is 101 Å². The van der Waals surface area contributed by atoms with Crippen LogP contribution < -0.4 is 11.1 Å². The first-order valence-corrected chi connectivity index (χ1v) is 5.94. The van der Waals surface area contributed by atoms with Gasteiger partial charge in [0.05, 0.1) is 5.54 Å². The highest BCUT2D eigenvalue weighted by molar-refractivity contribution is 5.79. The molecule has 0 saturated carbocycles. The number of hydrogen-bond acceptors (Lipinski definition) is 1. The van der Waals surface area contributed by atoms with Crippen LogP contribution in [0.3, 0.4) is 0 Å². The van der Waals surface area contributed by atoms with Gasteiger partial charge in [-0.25, -0.2) is 4.99 Å². The fourth-order valence-electron chi connectivity index (χ4n) is 2.08. The van der Waals surface area contributed by atoms with Crippen LogP contribution in [0.15, 0.2) is 4.99 Å². The summed E-state index contributed by atoms with van der Waals surface area (Å²) in [7, 11) is 0. The smallest absolute Gasteiger partial charge is 0.189 e. The predicted octanol–water partition coefficient (Wildman–Crippen LogP) is 2.90. The minimum absolute atomic E-state index is 0.0363. The fourth-order valence-corrected chi connectivity index (χ4v) is 2.08. The molecule has 0 aliphatic rings. The van der Waals surface area contributed by atoms with E-state index in [2.05, 4.69) is 65.7 Å². The van der Waals surface area contributed by atoms with Crippen molar-refractivity contribution in [2.75, 3.05) is 0 Å². The molecule has 16 heavy (non-hydrogen) atoms. The van der Waals surface area contributed by atoms with Crippen molar-refractivity contribution in [3.8, 4) is 0 Å². The van der Waals surface area contributed by atoms with Gasteiger partial charge in [0.25, 0.3) is 0 Å². The van der Waals surface area contributed by atoms with Gasteiger partial charge in [0.2, 0.25) is 0 Å². The van der Waals surface area contributed by atoms with E-state index in [9.17, 15) is 0 Å². The molecule has 0 aliphatic heterocycles. The van der Waals surface area contributed by atoms with E-state index in [-0.39, 0.29) is 16.5 Å². The SMILES string of the molecule is CC(C)(C)CC(C)(C)N=C(N)NC(C)(C)C. The Hall–Kier alpha value is -0.730. The number of nitrogens with two attached hydrogens (primary N) is 1. The minimum Gasteiger partial charge on any atom is -0.370 e. The Bertz CT molecular complexity index is 251. The van der Waals surface area contributed by atoms with Gasteiger partial charge >= 0.3 is 0 Å². The van der Waals surface area contributed by atoms with E-state index in [1.54, 1.807) is 0 Å². The third kappa shape index (κ3) is 8.57. The van der Waals surface area contributed by atoms with Gasteiger partial charge in [0.15, 0.2) is 5.96 Å². The molecule has 0 aromatic rings. The van der Waals surface area contributed by atoms with E-state index in [0.717, 1.165) is 6.42 Å². The molecule has 0 unspecified atom stereocenters. The Kier molecular flexibility index (Phi) is 4.43. The van der Waals surface area contributed by atoms with E-state index >= 15 is 0 Å². The highest BCUT2D eigenvalue weighted by atomic mass is 15.1. The third-order valence-corrected chi connectivity index (χ3v) is 1.89. The molecule has 0 atom stereocenters. The Morgan fingerprint density at radius 1 is 1.00 bits per heavy atom. The van der Waals surface area contributed by atoms with Gasteiger partial charge in [-0.3, -0.25) is 0 Å². The van der Waals surface area contributed by atoms with E-state index in [4.69, 9.17) is 5.73 Å². The molecule has 3 heteroatoms. The van der Waals surface area contributed by atoms with E-state index in [0.29, 0.717) is 5.96 Å². The summed E-state index contributed by atoms with van der Waals surface area (Å²) >= 11 is 0. The van der Waals surface area contributed by atoms with Crippen LogP contribution in [-0.2, 0) is 0 Å². The lowest BCUT2D eigenvalue weighted by Crippen LogP contribution is -2.46. The molecule has 0 aromatic carbocycles. The quantitative estimate of drug-likeness (QED) is 0.563. The lowest BCUT2D eigenvalue weighted by molar-refractivity contribution is 0.287. The Morgan fingerprint density at radius 2 is 1.44 bits per heavy atom. The van der Waals surface area contributed by atoms with Gasteiger partial charge in [-0.05, 0) is 46.5 Å². The van der Waals surface area contributed by atoms with E-state index < -0.39 is 0 Å². The first kappa shape index (κ1) is 15.3. The molecule has 0 spiro atoms. The largest absolute Gasteiger partial charge is 0.370 e. The summed E-state index contributed by atoms with van der Waals surface area (Å²) in [5.41, 5.74) is 6.00. The summed E-state index contributed by atoms with van der Waals surface area (Å²) in [6, 6.07) is 0. The summed E-state index contributed by atoms with van der Waals surface area (Å²) < 4.78 is 0. The number of nitrogens with zero attached hydrogens (tertiary/aromatic N) is 1. The standard InChI is InChI=1S/C13H29N3/c1-11(2,3)9-13(7,8)16-10(14)15-12(4,5)6/h9H2,1-8H3,(H3,14,15,16). The molecule has 3 nitrogen and oxygen atoms in total. The van der Waals surface area contributed by atoms with Gasteiger partial charge in [-0.1, -0.05) is 20.8 Å². The van der Waals surface area contributed by atoms with Gasteiger partial charge in [0.1, 0.15) is 0 Å². The summed E-state index contributed by atoms with van der Waals surface area (Å²) in [5, 5.41) is 3.19. The highest BCUT2D eigenvalue weighted by Crippen LogP contribution is 2.29. The lowest BCUT2D eigenvalue weighted by atomic mass is 9.82. The van der Waals surface area contributed by atoms with Crippen molar-refractivity contribution in [3.63, 3.8) is 0 Å². The monoisotopic (exact) mass is 227 g/mol. The molecular weight excluding hydrogens is 198 g/mol. The molecule has 0 rings (SSSR count). The van der Waals surface area contributed by atoms with Gasteiger partial charge in [-0.2, -0.15) is 0 Å². The van der Waals surface area contributed by atoms with Crippen molar-refractivity contribution in [1.82, 2.24) is 5.32 Å². The van der Waals surface area contributed by atoms with E-state index in [1.807, 2.05) is 0 Å². The molecule has 0 aromatic heterocycles. The lowest BCUT2D eigenvalue weighted by Gasteiger charge is -2.30. The molecule has 96 valence electrons. The first-order chi connectivity index (χ1) is 6.81. The van der Waals surface area contributed by atoms with E-state index in [1.165, 1.54) is 0 Å². The summed E-state index contributed by atoms with van der Waals surface area (Å²) in [4.78, 5) is 4.56. The van der Waals surface area contributed by atoms with Crippen LogP contribution in [0.25, 0.3) is 0 Å². The summed E-state index contributed by atoms with van der Waals surface area (Å²) in [6.45, 7) is 17.1. The normalized spacial score (nSPS) is 15.1. The van der Waals surface area contributed by atoms with Crippen LogP contribution in [0.4, 0.5) is 0 Å². The van der Waals surface area contributed by atoms with Gasteiger partial charge < -0.3 is 11.1 Å². The second-order valence-corrected chi connectivity index (χ2v) is 7.42. The van der Waals surface area contributed by atoms with Crippen LogP contribution in [-0.4, -0.2) is 17.0 Å². The van der Waals surface area contributed by atoms with Crippen LogP contribution in [0.5, 0.6) is 0 Å². The average molecular weight is 227 g/mol.